The minimum absolute atomic E-state index is 0.0991. The first-order valence-electron chi connectivity index (χ1n) is 6.44. The van der Waals surface area contributed by atoms with Crippen LogP contribution < -0.4 is 10.1 Å². The maximum Gasteiger partial charge on any atom is 0.411 e. The van der Waals surface area contributed by atoms with Crippen LogP contribution in [0.3, 0.4) is 0 Å². The van der Waals surface area contributed by atoms with Crippen LogP contribution in [0.25, 0.3) is 0 Å². The average Bonchev–Trinajstić information content (AvgIpc) is 2.41. The maximum atomic E-state index is 11.8. The van der Waals surface area contributed by atoms with Gasteiger partial charge in [-0.1, -0.05) is 12.1 Å². The molecule has 1 aromatic carbocycles. The zero-order valence-corrected chi connectivity index (χ0v) is 11.7. The van der Waals surface area contributed by atoms with Crippen molar-refractivity contribution in [3.05, 3.63) is 29.8 Å². The van der Waals surface area contributed by atoms with Crippen LogP contribution >= 0.6 is 0 Å². The van der Waals surface area contributed by atoms with Crippen molar-refractivity contribution >= 4 is 0 Å². The molecule has 1 rings (SSSR count). The summed E-state index contributed by atoms with van der Waals surface area (Å²) >= 11 is 0. The van der Waals surface area contributed by atoms with Gasteiger partial charge in [0.1, 0.15) is 12.4 Å². The Morgan fingerprint density at radius 3 is 2.40 bits per heavy atom. The molecule has 1 atom stereocenters. The van der Waals surface area contributed by atoms with Crippen molar-refractivity contribution in [2.45, 2.75) is 25.6 Å². The molecule has 1 unspecified atom stereocenters. The lowest BCUT2D eigenvalue weighted by Crippen LogP contribution is -2.22. The quantitative estimate of drug-likeness (QED) is 0.745. The van der Waals surface area contributed by atoms with Crippen LogP contribution in [-0.4, -0.2) is 33.0 Å². The van der Waals surface area contributed by atoms with Gasteiger partial charge in [-0.25, -0.2) is 0 Å². The standard InChI is InChI=1S/C14H20F3NO2/c1-11(12-4-6-13(19-2)7-5-12)18-8-3-9-20-10-14(15,16)17/h4-7,11,18H,3,8-10H2,1-2H3. The summed E-state index contributed by atoms with van der Waals surface area (Å²) < 4.78 is 45.1. The van der Waals surface area contributed by atoms with E-state index in [4.69, 9.17) is 4.74 Å². The van der Waals surface area contributed by atoms with E-state index in [2.05, 4.69) is 10.1 Å². The third kappa shape index (κ3) is 6.77. The molecule has 0 heterocycles. The Morgan fingerprint density at radius 1 is 1.20 bits per heavy atom. The van der Waals surface area contributed by atoms with E-state index >= 15 is 0 Å². The van der Waals surface area contributed by atoms with Crippen LogP contribution in [0.4, 0.5) is 13.2 Å². The molecule has 0 aromatic heterocycles. The Kier molecular flexibility index (Phi) is 6.81. The molecule has 0 bridgehead atoms. The number of hydrogen-bond donors (Lipinski definition) is 1. The van der Waals surface area contributed by atoms with E-state index in [1.165, 1.54) is 0 Å². The van der Waals surface area contributed by atoms with Gasteiger partial charge >= 0.3 is 6.18 Å². The fourth-order valence-corrected chi connectivity index (χ4v) is 1.69. The van der Waals surface area contributed by atoms with Crippen LogP contribution in [0.2, 0.25) is 0 Å². The Balaban J connectivity index is 2.18. The zero-order valence-electron chi connectivity index (χ0n) is 11.7. The number of methoxy groups -OCH3 is 1. The number of rotatable bonds is 8. The Labute approximate surface area is 117 Å². The molecule has 0 aliphatic carbocycles. The van der Waals surface area contributed by atoms with Crippen LogP contribution in [0, 0.1) is 0 Å². The molecular weight excluding hydrogens is 271 g/mol. The SMILES string of the molecule is COc1ccc(C(C)NCCCOCC(F)(F)F)cc1. The lowest BCUT2D eigenvalue weighted by atomic mass is 10.1. The molecule has 0 saturated carbocycles. The van der Waals surface area contributed by atoms with Crippen molar-refractivity contribution in [1.82, 2.24) is 5.32 Å². The molecule has 0 fully saturated rings. The molecular formula is C14H20F3NO2. The summed E-state index contributed by atoms with van der Waals surface area (Å²) in [7, 11) is 1.61. The molecule has 0 radical (unpaired) electrons. The highest BCUT2D eigenvalue weighted by molar-refractivity contribution is 5.28. The van der Waals surface area contributed by atoms with E-state index in [0.29, 0.717) is 13.0 Å². The fourth-order valence-electron chi connectivity index (χ4n) is 1.69. The van der Waals surface area contributed by atoms with E-state index in [1.54, 1.807) is 7.11 Å². The lowest BCUT2D eigenvalue weighted by molar-refractivity contribution is -0.173. The Hall–Kier alpha value is -1.27. The molecule has 0 spiro atoms. The van der Waals surface area contributed by atoms with E-state index in [-0.39, 0.29) is 12.6 Å². The molecule has 0 aliphatic rings. The fraction of sp³-hybridized carbons (Fsp3) is 0.571. The van der Waals surface area contributed by atoms with Crippen molar-refractivity contribution in [2.24, 2.45) is 0 Å². The summed E-state index contributed by atoms with van der Waals surface area (Å²) in [4.78, 5) is 0. The number of halogens is 3. The number of ether oxygens (including phenoxy) is 2. The van der Waals surface area contributed by atoms with E-state index < -0.39 is 12.8 Å². The van der Waals surface area contributed by atoms with Crippen molar-refractivity contribution in [3.63, 3.8) is 0 Å². The first-order valence-corrected chi connectivity index (χ1v) is 6.44. The highest BCUT2D eigenvalue weighted by Crippen LogP contribution is 2.17. The highest BCUT2D eigenvalue weighted by Gasteiger charge is 2.27. The number of benzene rings is 1. The predicted octanol–water partition coefficient (Wildman–Crippen LogP) is 3.31. The zero-order chi connectivity index (χ0) is 15.0. The third-order valence-corrected chi connectivity index (χ3v) is 2.80. The van der Waals surface area contributed by atoms with Crippen LogP contribution in [-0.2, 0) is 4.74 Å². The van der Waals surface area contributed by atoms with Gasteiger partial charge in [-0.15, -0.1) is 0 Å². The first kappa shape index (κ1) is 16.8. The normalized spacial score (nSPS) is 13.2. The topological polar surface area (TPSA) is 30.5 Å². The summed E-state index contributed by atoms with van der Waals surface area (Å²) in [5, 5.41) is 3.23. The van der Waals surface area contributed by atoms with Crippen LogP contribution in [0.15, 0.2) is 24.3 Å². The van der Waals surface area contributed by atoms with Crippen molar-refractivity contribution in [1.29, 1.82) is 0 Å². The largest absolute Gasteiger partial charge is 0.497 e. The molecule has 0 saturated heterocycles. The van der Waals surface area contributed by atoms with Crippen LogP contribution in [0.5, 0.6) is 5.75 Å². The van der Waals surface area contributed by atoms with Gasteiger partial charge in [0.2, 0.25) is 0 Å². The van der Waals surface area contributed by atoms with Gasteiger partial charge in [0.15, 0.2) is 0 Å². The lowest BCUT2D eigenvalue weighted by Gasteiger charge is -2.15. The monoisotopic (exact) mass is 291 g/mol. The summed E-state index contributed by atoms with van der Waals surface area (Å²) in [5.41, 5.74) is 1.10. The smallest absolute Gasteiger partial charge is 0.411 e. The second kappa shape index (κ2) is 8.11. The van der Waals surface area contributed by atoms with Crippen molar-refractivity contribution in [3.8, 4) is 5.75 Å². The molecule has 0 aliphatic heterocycles. The van der Waals surface area contributed by atoms with Crippen molar-refractivity contribution < 1.29 is 22.6 Å². The molecule has 20 heavy (non-hydrogen) atoms. The van der Waals surface area contributed by atoms with E-state index in [9.17, 15) is 13.2 Å². The highest BCUT2D eigenvalue weighted by atomic mass is 19.4. The van der Waals surface area contributed by atoms with Gasteiger partial charge in [-0.3, -0.25) is 0 Å². The minimum Gasteiger partial charge on any atom is -0.497 e. The second-order valence-electron chi connectivity index (χ2n) is 4.47. The van der Waals surface area contributed by atoms with Gasteiger partial charge in [-0.05, 0) is 37.6 Å². The van der Waals surface area contributed by atoms with Gasteiger partial charge in [0.05, 0.1) is 7.11 Å². The summed E-state index contributed by atoms with van der Waals surface area (Å²) in [5.74, 6) is 0.793. The Bertz CT molecular complexity index is 379. The van der Waals surface area contributed by atoms with E-state index in [1.807, 2.05) is 31.2 Å². The minimum atomic E-state index is -4.25. The predicted molar refractivity (Wildman–Crippen MR) is 70.9 cm³/mol. The maximum absolute atomic E-state index is 11.8. The average molecular weight is 291 g/mol. The Morgan fingerprint density at radius 2 is 1.85 bits per heavy atom. The van der Waals surface area contributed by atoms with Gasteiger partial charge < -0.3 is 14.8 Å². The number of nitrogens with one attached hydrogen (secondary N) is 1. The summed E-state index contributed by atoms with van der Waals surface area (Å²) in [6.07, 6.45) is -3.71. The van der Waals surface area contributed by atoms with Crippen molar-refractivity contribution in [2.75, 3.05) is 26.9 Å². The first-order chi connectivity index (χ1) is 9.42. The molecule has 0 amide bonds. The number of hydrogen-bond acceptors (Lipinski definition) is 3. The van der Waals surface area contributed by atoms with Gasteiger partial charge in [0, 0.05) is 12.6 Å². The van der Waals surface area contributed by atoms with Gasteiger partial charge in [0.25, 0.3) is 0 Å². The molecule has 1 aromatic rings. The molecule has 114 valence electrons. The third-order valence-electron chi connectivity index (χ3n) is 2.80. The van der Waals surface area contributed by atoms with Gasteiger partial charge in [-0.2, -0.15) is 13.2 Å². The molecule has 3 nitrogen and oxygen atoms in total. The van der Waals surface area contributed by atoms with Crippen LogP contribution in [0.1, 0.15) is 24.9 Å². The number of alkyl halides is 3. The second-order valence-corrected chi connectivity index (χ2v) is 4.47. The summed E-state index contributed by atoms with van der Waals surface area (Å²) in [6, 6.07) is 7.79. The molecule has 1 N–H and O–H groups in total. The summed E-state index contributed by atoms with van der Waals surface area (Å²) in [6.45, 7) is 1.52. The van der Waals surface area contributed by atoms with E-state index in [0.717, 1.165) is 11.3 Å². The molecule has 6 heteroatoms.